The molecule has 0 aromatic carbocycles. The molecule has 0 fully saturated rings. The highest BCUT2D eigenvalue weighted by molar-refractivity contribution is 5.92. The average molecular weight is 320 g/mol. The lowest BCUT2D eigenvalue weighted by Gasteiger charge is -2.22. The lowest BCUT2D eigenvalue weighted by Crippen LogP contribution is -2.38. The first kappa shape index (κ1) is 19.1. The van der Waals surface area contributed by atoms with Gasteiger partial charge in [-0.3, -0.25) is 14.6 Å². The van der Waals surface area contributed by atoms with E-state index in [-0.39, 0.29) is 17.9 Å². The summed E-state index contributed by atoms with van der Waals surface area (Å²) >= 11 is 0. The molecule has 1 aromatic heterocycles. The number of unbranched alkanes of at least 4 members (excludes halogenated alkanes) is 2. The Balaban J connectivity index is 2.61. The molecule has 0 radical (unpaired) electrons. The maximum absolute atomic E-state index is 12.5. The number of rotatable bonds is 10. The zero-order chi connectivity index (χ0) is 17.1. The van der Waals surface area contributed by atoms with Gasteiger partial charge in [0.1, 0.15) is 5.69 Å². The van der Waals surface area contributed by atoms with Crippen LogP contribution in [0.15, 0.2) is 18.6 Å². The molecule has 0 aliphatic carbocycles. The molecule has 1 rings (SSSR count). The molecular formula is C17H28N4O2. The lowest BCUT2D eigenvalue weighted by atomic mass is 10.2. The van der Waals surface area contributed by atoms with Gasteiger partial charge >= 0.3 is 0 Å². The standard InChI is InChI=1S/C17H28N4O2/c1-4-6-7-11-21(12-8-16(22)20-14(3)5-2)17(23)15-13-18-9-10-19-15/h9-10,13-14H,4-8,11-12H2,1-3H3,(H,20,22). The molecule has 2 amide bonds. The number of carbonyl (C=O) groups is 2. The number of hydrogen-bond donors (Lipinski definition) is 1. The summed E-state index contributed by atoms with van der Waals surface area (Å²) in [6.45, 7) is 7.16. The predicted molar refractivity (Wildman–Crippen MR) is 90.0 cm³/mol. The maximum atomic E-state index is 12.5. The summed E-state index contributed by atoms with van der Waals surface area (Å²) in [4.78, 5) is 34.2. The van der Waals surface area contributed by atoms with E-state index >= 15 is 0 Å². The van der Waals surface area contributed by atoms with E-state index in [0.29, 0.717) is 25.2 Å². The monoisotopic (exact) mass is 320 g/mol. The number of nitrogens with zero attached hydrogens (tertiary/aromatic N) is 3. The maximum Gasteiger partial charge on any atom is 0.274 e. The summed E-state index contributed by atoms with van der Waals surface area (Å²) in [5.41, 5.74) is 0.325. The highest BCUT2D eigenvalue weighted by Crippen LogP contribution is 2.05. The van der Waals surface area contributed by atoms with Crippen molar-refractivity contribution in [2.75, 3.05) is 13.1 Å². The van der Waals surface area contributed by atoms with Gasteiger partial charge in [0.2, 0.25) is 5.91 Å². The average Bonchev–Trinajstić information content (AvgIpc) is 2.58. The van der Waals surface area contributed by atoms with Crippen molar-refractivity contribution in [3.63, 3.8) is 0 Å². The summed E-state index contributed by atoms with van der Waals surface area (Å²) in [5, 5.41) is 2.93. The first-order chi connectivity index (χ1) is 11.1. The second-order valence-electron chi connectivity index (χ2n) is 5.72. The van der Waals surface area contributed by atoms with Crippen LogP contribution < -0.4 is 5.32 Å². The second kappa shape index (κ2) is 10.7. The Morgan fingerprint density at radius 2 is 2.00 bits per heavy atom. The first-order valence-corrected chi connectivity index (χ1v) is 8.43. The van der Waals surface area contributed by atoms with Gasteiger partial charge in [-0.2, -0.15) is 0 Å². The van der Waals surface area contributed by atoms with Crippen LogP contribution in [-0.2, 0) is 4.79 Å². The van der Waals surface area contributed by atoms with Gasteiger partial charge in [0, 0.05) is 37.9 Å². The van der Waals surface area contributed by atoms with Gasteiger partial charge in [-0.25, -0.2) is 4.98 Å². The van der Waals surface area contributed by atoms with Crippen LogP contribution in [0.5, 0.6) is 0 Å². The normalized spacial score (nSPS) is 11.8. The molecule has 128 valence electrons. The SMILES string of the molecule is CCCCCN(CCC(=O)NC(C)CC)C(=O)c1cnccn1. The summed E-state index contributed by atoms with van der Waals surface area (Å²) in [6.07, 6.45) is 8.78. The molecule has 0 aliphatic rings. The summed E-state index contributed by atoms with van der Waals surface area (Å²) in [5.74, 6) is -0.183. The van der Waals surface area contributed by atoms with E-state index in [9.17, 15) is 9.59 Å². The molecule has 1 unspecified atom stereocenters. The molecule has 0 bridgehead atoms. The number of nitrogens with one attached hydrogen (secondary N) is 1. The molecular weight excluding hydrogens is 292 g/mol. The molecule has 6 nitrogen and oxygen atoms in total. The van der Waals surface area contributed by atoms with Crippen LogP contribution in [-0.4, -0.2) is 45.8 Å². The van der Waals surface area contributed by atoms with Crippen LogP contribution in [0.4, 0.5) is 0 Å². The van der Waals surface area contributed by atoms with E-state index < -0.39 is 0 Å². The van der Waals surface area contributed by atoms with Gasteiger partial charge in [-0.15, -0.1) is 0 Å². The molecule has 1 heterocycles. The molecule has 0 saturated heterocycles. The molecule has 6 heteroatoms. The molecule has 1 atom stereocenters. The minimum absolute atomic E-state index is 0.0215. The van der Waals surface area contributed by atoms with Gasteiger partial charge in [-0.1, -0.05) is 26.7 Å². The van der Waals surface area contributed by atoms with Crippen molar-refractivity contribution in [3.05, 3.63) is 24.3 Å². The third-order valence-corrected chi connectivity index (χ3v) is 3.73. The molecule has 1 N–H and O–H groups in total. The Morgan fingerprint density at radius 1 is 1.22 bits per heavy atom. The first-order valence-electron chi connectivity index (χ1n) is 8.43. The van der Waals surface area contributed by atoms with Crippen LogP contribution in [0.1, 0.15) is 63.4 Å². The van der Waals surface area contributed by atoms with E-state index in [1.165, 1.54) is 18.6 Å². The van der Waals surface area contributed by atoms with Crippen LogP contribution in [0.3, 0.4) is 0 Å². The molecule has 0 saturated carbocycles. The van der Waals surface area contributed by atoms with E-state index in [2.05, 4.69) is 22.2 Å². The van der Waals surface area contributed by atoms with Gasteiger partial charge in [0.05, 0.1) is 6.20 Å². The molecule has 0 aliphatic heterocycles. The largest absolute Gasteiger partial charge is 0.354 e. The highest BCUT2D eigenvalue weighted by atomic mass is 16.2. The van der Waals surface area contributed by atoms with Gasteiger partial charge in [0.25, 0.3) is 5.91 Å². The predicted octanol–water partition coefficient (Wildman–Crippen LogP) is 2.41. The zero-order valence-electron chi connectivity index (χ0n) is 14.4. The zero-order valence-corrected chi connectivity index (χ0v) is 14.4. The van der Waals surface area contributed by atoms with E-state index in [1.807, 2.05) is 13.8 Å². The number of carbonyl (C=O) groups excluding carboxylic acids is 2. The van der Waals surface area contributed by atoms with Gasteiger partial charge in [-0.05, 0) is 19.8 Å². The fourth-order valence-electron chi connectivity index (χ4n) is 2.12. The quantitative estimate of drug-likeness (QED) is 0.672. The Kier molecular flexibility index (Phi) is 8.87. The fourth-order valence-corrected chi connectivity index (χ4v) is 2.12. The van der Waals surface area contributed by atoms with Crippen molar-refractivity contribution in [1.82, 2.24) is 20.2 Å². The summed E-state index contributed by atoms with van der Waals surface area (Å²) in [6, 6.07) is 0.159. The van der Waals surface area contributed by atoms with E-state index in [1.54, 1.807) is 4.90 Å². The molecule has 0 spiro atoms. The van der Waals surface area contributed by atoms with Crippen LogP contribution in [0, 0.1) is 0 Å². The Morgan fingerprint density at radius 3 is 2.61 bits per heavy atom. The van der Waals surface area contributed by atoms with Crippen molar-refractivity contribution in [2.45, 2.75) is 58.9 Å². The number of amides is 2. The lowest BCUT2D eigenvalue weighted by molar-refractivity contribution is -0.121. The Bertz CT molecular complexity index is 479. The van der Waals surface area contributed by atoms with E-state index in [4.69, 9.17) is 0 Å². The summed E-state index contributed by atoms with van der Waals surface area (Å²) in [7, 11) is 0. The third kappa shape index (κ3) is 7.21. The third-order valence-electron chi connectivity index (χ3n) is 3.73. The Labute approximate surface area is 138 Å². The van der Waals surface area contributed by atoms with Crippen molar-refractivity contribution in [2.24, 2.45) is 0 Å². The van der Waals surface area contributed by atoms with Crippen molar-refractivity contribution >= 4 is 11.8 Å². The van der Waals surface area contributed by atoms with Crippen LogP contribution in [0.25, 0.3) is 0 Å². The van der Waals surface area contributed by atoms with Crippen molar-refractivity contribution < 1.29 is 9.59 Å². The van der Waals surface area contributed by atoms with E-state index in [0.717, 1.165) is 25.7 Å². The summed E-state index contributed by atoms with van der Waals surface area (Å²) < 4.78 is 0. The van der Waals surface area contributed by atoms with Gasteiger partial charge < -0.3 is 10.2 Å². The van der Waals surface area contributed by atoms with Gasteiger partial charge in [0.15, 0.2) is 0 Å². The second-order valence-corrected chi connectivity index (χ2v) is 5.72. The number of hydrogen-bond acceptors (Lipinski definition) is 4. The Hall–Kier alpha value is -1.98. The minimum atomic E-state index is -0.162. The molecule has 23 heavy (non-hydrogen) atoms. The van der Waals surface area contributed by atoms with Crippen molar-refractivity contribution in [3.8, 4) is 0 Å². The smallest absolute Gasteiger partial charge is 0.274 e. The number of aromatic nitrogens is 2. The molecule has 1 aromatic rings. The van der Waals surface area contributed by atoms with Crippen LogP contribution in [0.2, 0.25) is 0 Å². The fraction of sp³-hybridized carbons (Fsp3) is 0.647. The van der Waals surface area contributed by atoms with Crippen LogP contribution >= 0.6 is 0 Å². The highest BCUT2D eigenvalue weighted by Gasteiger charge is 2.18. The topological polar surface area (TPSA) is 75.2 Å². The minimum Gasteiger partial charge on any atom is -0.354 e. The van der Waals surface area contributed by atoms with Crippen molar-refractivity contribution in [1.29, 1.82) is 0 Å².